The number of nitrogens with one attached hydrogen (secondary N) is 2. The van der Waals surface area contributed by atoms with E-state index in [0.29, 0.717) is 25.1 Å². The number of nitrogen functional groups attached to an aromatic ring is 1. The Morgan fingerprint density at radius 2 is 1.62 bits per heavy atom. The van der Waals surface area contributed by atoms with E-state index in [2.05, 4.69) is 26.9 Å². The zero-order chi connectivity index (χ0) is 28.6. The third kappa shape index (κ3) is 11.8. The smallest absolute Gasteiger partial charge is 0.323 e. The molecule has 0 aliphatic heterocycles. The van der Waals surface area contributed by atoms with Gasteiger partial charge in [-0.25, -0.2) is 4.98 Å². The second kappa shape index (κ2) is 17.6. The zero-order valence-corrected chi connectivity index (χ0v) is 23.9. The van der Waals surface area contributed by atoms with Crippen molar-refractivity contribution in [3.05, 3.63) is 16.2 Å². The summed E-state index contributed by atoms with van der Waals surface area (Å²) >= 11 is 0. The molecule has 0 bridgehead atoms. The summed E-state index contributed by atoms with van der Waals surface area (Å²) in [6, 6.07) is -0.679. The normalized spacial score (nSPS) is 13.7. The third-order valence-electron chi connectivity index (χ3n) is 7.17. The topological polar surface area (TPSA) is 179 Å². The molecule has 220 valence electrons. The van der Waals surface area contributed by atoms with Crippen molar-refractivity contribution in [1.82, 2.24) is 19.9 Å². The predicted octanol–water partition coefficient (Wildman–Crippen LogP) is 4.16. The van der Waals surface area contributed by atoms with E-state index in [1.165, 1.54) is 38.5 Å². The van der Waals surface area contributed by atoms with Crippen molar-refractivity contribution in [2.45, 2.75) is 110 Å². The number of carbonyl (C=O) groups is 2. The molecule has 0 aliphatic rings. The fourth-order valence-electron chi connectivity index (χ4n) is 4.36. The summed E-state index contributed by atoms with van der Waals surface area (Å²) in [5.74, 6) is -0.367. The second-order valence-electron chi connectivity index (χ2n) is 10.5. The molecule has 2 heterocycles. The zero-order valence-electron chi connectivity index (χ0n) is 23.9. The predicted molar refractivity (Wildman–Crippen MR) is 152 cm³/mol. The second-order valence-corrected chi connectivity index (χ2v) is 10.5. The molecule has 0 fully saturated rings. The lowest BCUT2D eigenvalue weighted by molar-refractivity contribution is -0.149. The summed E-state index contributed by atoms with van der Waals surface area (Å²) in [6.07, 6.45) is 12.6. The number of aromatic nitrogens is 4. The summed E-state index contributed by atoms with van der Waals surface area (Å²) < 4.78 is 11.0. The highest BCUT2D eigenvalue weighted by molar-refractivity contribution is 5.75. The minimum atomic E-state index is -0.679. The Kier molecular flexibility index (Phi) is 14.6. The monoisotopic (exact) mass is 548 g/mol. The minimum absolute atomic E-state index is 0.0166. The number of nitrogens with zero attached hydrogens (tertiary/aromatic N) is 2. The lowest BCUT2D eigenvalue weighted by Gasteiger charge is -2.19. The summed E-state index contributed by atoms with van der Waals surface area (Å²) in [7, 11) is 0. The lowest BCUT2D eigenvalue weighted by atomic mass is 10.0. The summed E-state index contributed by atoms with van der Waals surface area (Å²) in [4.78, 5) is 50.7. The molecule has 11 heteroatoms. The van der Waals surface area contributed by atoms with E-state index in [9.17, 15) is 14.4 Å². The number of imidazole rings is 1. The molecule has 0 spiro atoms. The number of hydrogen-bond donors (Lipinski definition) is 4. The van der Waals surface area contributed by atoms with Gasteiger partial charge in [-0.05, 0) is 18.8 Å². The highest BCUT2D eigenvalue weighted by Crippen LogP contribution is 2.16. The van der Waals surface area contributed by atoms with Crippen LogP contribution in [0.25, 0.3) is 11.2 Å². The molecule has 0 radical (unpaired) electrons. The Morgan fingerprint density at radius 1 is 0.949 bits per heavy atom. The van der Waals surface area contributed by atoms with Crippen LogP contribution in [0.15, 0.2) is 4.79 Å². The largest absolute Gasteiger partial charge is 0.465 e. The first-order valence-electron chi connectivity index (χ1n) is 14.6. The number of aromatic amines is 2. The number of unbranched alkanes of at least 4 members (excludes halogenated alkanes) is 8. The number of rotatable bonds is 20. The molecular weight excluding hydrogens is 500 g/mol. The standard InChI is InChI=1S/C28H48N6O5/c1-4-6-7-8-9-10-11-12-13-14-22(35)39-18-20(15-16-38-27(37)23(29)19(3)5-2)17-21-31-24-25(32-21)33-28(30)34-26(24)36/h19-20,23H,4-18,29H2,1-3H3,(H4,30,31,32,33,34,36)/t19-,20?,23-/m0/s1. The van der Waals surface area contributed by atoms with E-state index >= 15 is 0 Å². The van der Waals surface area contributed by atoms with E-state index in [-0.39, 0.29) is 48.1 Å². The number of carbonyl (C=O) groups excluding carboxylic acids is 2. The van der Waals surface area contributed by atoms with Crippen molar-refractivity contribution >= 4 is 29.1 Å². The molecule has 2 aromatic heterocycles. The van der Waals surface area contributed by atoms with Crippen LogP contribution in [0.4, 0.5) is 5.95 Å². The van der Waals surface area contributed by atoms with Gasteiger partial charge in [-0.15, -0.1) is 0 Å². The number of hydrogen-bond acceptors (Lipinski definition) is 9. The van der Waals surface area contributed by atoms with Crippen molar-refractivity contribution in [1.29, 1.82) is 0 Å². The summed E-state index contributed by atoms with van der Waals surface area (Å²) in [5, 5.41) is 0. The molecule has 1 unspecified atom stereocenters. The van der Waals surface area contributed by atoms with Crippen LogP contribution < -0.4 is 17.0 Å². The summed E-state index contributed by atoms with van der Waals surface area (Å²) in [5.41, 5.74) is 11.6. The van der Waals surface area contributed by atoms with Gasteiger partial charge in [0, 0.05) is 18.8 Å². The highest BCUT2D eigenvalue weighted by Gasteiger charge is 2.22. The van der Waals surface area contributed by atoms with Crippen LogP contribution in [0.3, 0.4) is 0 Å². The van der Waals surface area contributed by atoms with Crippen molar-refractivity contribution in [3.63, 3.8) is 0 Å². The van der Waals surface area contributed by atoms with Crippen LogP contribution >= 0.6 is 0 Å². The van der Waals surface area contributed by atoms with E-state index in [1.54, 1.807) is 0 Å². The number of nitrogens with two attached hydrogens (primary N) is 2. The van der Waals surface area contributed by atoms with Crippen LogP contribution in [-0.4, -0.2) is 51.1 Å². The Bertz CT molecular complexity index is 1070. The van der Waals surface area contributed by atoms with Crippen molar-refractivity contribution < 1.29 is 19.1 Å². The molecule has 3 atom stereocenters. The number of ether oxygens (including phenoxy) is 2. The molecule has 6 N–H and O–H groups in total. The molecule has 2 aromatic rings. The lowest BCUT2D eigenvalue weighted by Crippen LogP contribution is -2.38. The number of esters is 2. The molecule has 0 amide bonds. The molecule has 0 saturated heterocycles. The van der Waals surface area contributed by atoms with Gasteiger partial charge in [-0.2, -0.15) is 4.98 Å². The van der Waals surface area contributed by atoms with Gasteiger partial charge in [0.2, 0.25) is 5.95 Å². The highest BCUT2D eigenvalue weighted by atomic mass is 16.5. The van der Waals surface area contributed by atoms with Gasteiger partial charge in [-0.3, -0.25) is 19.4 Å². The maximum atomic E-state index is 12.4. The van der Waals surface area contributed by atoms with Crippen LogP contribution in [0.5, 0.6) is 0 Å². The average molecular weight is 549 g/mol. The van der Waals surface area contributed by atoms with Crippen LogP contribution in [0.2, 0.25) is 0 Å². The summed E-state index contributed by atoms with van der Waals surface area (Å²) in [6.45, 7) is 6.38. The molecule has 11 nitrogen and oxygen atoms in total. The quantitative estimate of drug-likeness (QED) is 0.140. The average Bonchev–Trinajstić information content (AvgIpc) is 3.32. The van der Waals surface area contributed by atoms with E-state index in [0.717, 1.165) is 25.7 Å². The molecule has 0 saturated carbocycles. The fraction of sp³-hybridized carbons (Fsp3) is 0.750. The van der Waals surface area contributed by atoms with Crippen molar-refractivity contribution in [3.8, 4) is 0 Å². The van der Waals surface area contributed by atoms with Crippen molar-refractivity contribution in [2.24, 2.45) is 17.6 Å². The Labute approximate surface area is 231 Å². The van der Waals surface area contributed by atoms with E-state index in [4.69, 9.17) is 20.9 Å². The SMILES string of the molecule is CCCCCCCCCCCC(=O)OCC(CCOC(=O)[C@@H](N)[C@@H](C)CC)Cc1nc2nc(N)[nH]c(=O)c2[nH]1. The maximum absolute atomic E-state index is 12.4. The molecule has 0 aliphatic carbocycles. The van der Waals surface area contributed by atoms with Gasteiger partial charge in [0.15, 0.2) is 11.2 Å². The van der Waals surface area contributed by atoms with Gasteiger partial charge in [0.25, 0.3) is 5.56 Å². The number of H-pyrrole nitrogens is 2. The first-order valence-corrected chi connectivity index (χ1v) is 14.6. The number of anilines is 1. The molecular formula is C28H48N6O5. The van der Waals surface area contributed by atoms with Gasteiger partial charge in [0.05, 0.1) is 13.2 Å². The molecule has 39 heavy (non-hydrogen) atoms. The molecule has 2 rings (SSSR count). The van der Waals surface area contributed by atoms with Gasteiger partial charge in [-0.1, -0.05) is 78.6 Å². The Morgan fingerprint density at radius 3 is 2.28 bits per heavy atom. The first-order chi connectivity index (χ1) is 18.7. The van der Waals surface area contributed by atoms with Gasteiger partial charge in [0.1, 0.15) is 11.9 Å². The Balaban J connectivity index is 1.86. The Hall–Kier alpha value is -2.95. The van der Waals surface area contributed by atoms with Crippen LogP contribution in [0.1, 0.15) is 104 Å². The van der Waals surface area contributed by atoms with E-state index in [1.807, 2.05) is 13.8 Å². The number of fused-ring (bicyclic) bond motifs is 1. The van der Waals surface area contributed by atoms with Crippen LogP contribution in [0, 0.1) is 11.8 Å². The maximum Gasteiger partial charge on any atom is 0.323 e. The third-order valence-corrected chi connectivity index (χ3v) is 7.17. The van der Waals surface area contributed by atoms with Crippen LogP contribution in [-0.2, 0) is 25.5 Å². The van der Waals surface area contributed by atoms with Gasteiger partial charge >= 0.3 is 11.9 Å². The first kappa shape index (κ1) is 32.3. The minimum Gasteiger partial charge on any atom is -0.465 e. The van der Waals surface area contributed by atoms with E-state index < -0.39 is 17.6 Å². The molecule has 0 aromatic carbocycles. The van der Waals surface area contributed by atoms with Crippen molar-refractivity contribution in [2.75, 3.05) is 18.9 Å². The van der Waals surface area contributed by atoms with Gasteiger partial charge < -0.3 is 25.9 Å². The fourth-order valence-corrected chi connectivity index (χ4v) is 4.36.